The first-order valence-electron chi connectivity index (χ1n) is 9.02. The van der Waals surface area contributed by atoms with Crippen LogP contribution in [0.15, 0.2) is 54.6 Å². The Labute approximate surface area is 150 Å². The quantitative estimate of drug-likeness (QED) is 0.790. The molecule has 2 aromatic rings. The Hall–Kier alpha value is -1.35. The Kier molecular flexibility index (Phi) is 6.30. The summed E-state index contributed by atoms with van der Waals surface area (Å²) in [4.78, 5) is 2.56. The second-order valence-electron chi connectivity index (χ2n) is 6.72. The average Bonchev–Trinajstić information content (AvgIpc) is 2.62. The molecule has 1 atom stereocenters. The van der Waals surface area contributed by atoms with Crippen LogP contribution in [0.25, 0.3) is 0 Å². The van der Waals surface area contributed by atoms with E-state index >= 15 is 0 Å². The van der Waals surface area contributed by atoms with E-state index < -0.39 is 0 Å². The Morgan fingerprint density at radius 3 is 2.50 bits per heavy atom. The minimum atomic E-state index is 0.398. The van der Waals surface area contributed by atoms with E-state index in [0.29, 0.717) is 12.1 Å². The molecule has 0 aliphatic carbocycles. The number of hydrogen-bond acceptors (Lipinski definition) is 2. The summed E-state index contributed by atoms with van der Waals surface area (Å²) >= 11 is 6.15. The molecule has 1 aliphatic heterocycles. The molecule has 0 amide bonds. The Morgan fingerprint density at radius 2 is 1.83 bits per heavy atom. The molecule has 0 saturated carbocycles. The van der Waals surface area contributed by atoms with Crippen molar-refractivity contribution in [3.8, 4) is 0 Å². The first-order chi connectivity index (χ1) is 11.7. The van der Waals surface area contributed by atoms with Crippen LogP contribution in [0.3, 0.4) is 0 Å². The molecule has 128 valence electrons. The second kappa shape index (κ2) is 8.66. The number of nitrogens with one attached hydrogen (secondary N) is 1. The molecular weight excluding hydrogens is 316 g/mol. The zero-order chi connectivity index (χ0) is 16.8. The van der Waals surface area contributed by atoms with Crippen LogP contribution in [0.4, 0.5) is 0 Å². The predicted molar refractivity (Wildman–Crippen MR) is 102 cm³/mol. The van der Waals surface area contributed by atoms with Crippen LogP contribution in [0.5, 0.6) is 0 Å². The summed E-state index contributed by atoms with van der Waals surface area (Å²) in [6, 6.07) is 20.0. The Bertz CT molecular complexity index is 621. The van der Waals surface area contributed by atoms with Crippen LogP contribution in [0.1, 0.15) is 43.4 Å². The highest BCUT2D eigenvalue weighted by molar-refractivity contribution is 6.30. The lowest BCUT2D eigenvalue weighted by Gasteiger charge is -2.34. The molecule has 1 unspecified atom stereocenters. The van der Waals surface area contributed by atoms with Crippen molar-refractivity contribution < 1.29 is 0 Å². The van der Waals surface area contributed by atoms with Gasteiger partial charge in [-0.1, -0.05) is 61.0 Å². The monoisotopic (exact) mass is 342 g/mol. The maximum absolute atomic E-state index is 6.15. The maximum atomic E-state index is 6.15. The van der Waals surface area contributed by atoms with Crippen molar-refractivity contribution >= 4 is 11.6 Å². The molecule has 2 nitrogen and oxygen atoms in total. The highest BCUT2D eigenvalue weighted by atomic mass is 35.5. The molecule has 1 saturated heterocycles. The summed E-state index contributed by atoms with van der Waals surface area (Å²) in [5, 5.41) is 4.67. The zero-order valence-electron chi connectivity index (χ0n) is 14.4. The fraction of sp³-hybridized carbons (Fsp3) is 0.429. The molecule has 1 fully saturated rings. The van der Waals surface area contributed by atoms with E-state index in [4.69, 9.17) is 11.6 Å². The molecule has 0 bridgehead atoms. The summed E-state index contributed by atoms with van der Waals surface area (Å²) in [5.41, 5.74) is 2.71. The van der Waals surface area contributed by atoms with Crippen molar-refractivity contribution in [1.29, 1.82) is 0 Å². The van der Waals surface area contributed by atoms with Crippen molar-refractivity contribution in [3.05, 3.63) is 70.7 Å². The van der Waals surface area contributed by atoms with Gasteiger partial charge in [-0.3, -0.25) is 4.90 Å². The third kappa shape index (κ3) is 4.83. The fourth-order valence-corrected chi connectivity index (χ4v) is 3.76. The van der Waals surface area contributed by atoms with Crippen molar-refractivity contribution in [2.24, 2.45) is 0 Å². The molecule has 0 aromatic heterocycles. The van der Waals surface area contributed by atoms with Gasteiger partial charge in [-0.15, -0.1) is 0 Å². The number of halogens is 1. The van der Waals surface area contributed by atoms with Gasteiger partial charge in [-0.25, -0.2) is 0 Å². The molecular formula is C21H27ClN2. The first kappa shape index (κ1) is 17.5. The molecule has 1 N–H and O–H groups in total. The van der Waals surface area contributed by atoms with Crippen LogP contribution < -0.4 is 5.32 Å². The second-order valence-corrected chi connectivity index (χ2v) is 7.15. The molecule has 3 rings (SSSR count). The number of rotatable bonds is 6. The summed E-state index contributed by atoms with van der Waals surface area (Å²) < 4.78 is 0. The topological polar surface area (TPSA) is 15.3 Å². The van der Waals surface area contributed by atoms with Gasteiger partial charge in [0.2, 0.25) is 0 Å². The third-order valence-corrected chi connectivity index (χ3v) is 5.17. The van der Waals surface area contributed by atoms with Crippen LogP contribution in [-0.2, 0) is 6.54 Å². The molecule has 0 spiro atoms. The van der Waals surface area contributed by atoms with Gasteiger partial charge in [0.15, 0.2) is 0 Å². The van der Waals surface area contributed by atoms with E-state index in [9.17, 15) is 0 Å². The first-order valence-corrected chi connectivity index (χ1v) is 9.40. The van der Waals surface area contributed by atoms with E-state index in [0.717, 1.165) is 18.0 Å². The van der Waals surface area contributed by atoms with Gasteiger partial charge < -0.3 is 5.32 Å². The molecule has 2 aromatic carbocycles. The summed E-state index contributed by atoms with van der Waals surface area (Å²) in [6.07, 6.45) is 3.51. The molecule has 1 heterocycles. The van der Waals surface area contributed by atoms with Crippen molar-refractivity contribution in [3.63, 3.8) is 0 Å². The highest BCUT2D eigenvalue weighted by Gasteiger charge is 2.22. The lowest BCUT2D eigenvalue weighted by atomic mass is 9.99. The lowest BCUT2D eigenvalue weighted by Crippen LogP contribution is -2.43. The number of likely N-dealkylation sites (tertiary alicyclic amines) is 1. The lowest BCUT2D eigenvalue weighted by molar-refractivity contribution is 0.183. The van der Waals surface area contributed by atoms with Gasteiger partial charge in [0.05, 0.1) is 0 Å². The predicted octanol–water partition coefficient (Wildman–Crippen LogP) is 5.05. The van der Waals surface area contributed by atoms with Crippen LogP contribution in [0, 0.1) is 0 Å². The van der Waals surface area contributed by atoms with Gasteiger partial charge in [0.25, 0.3) is 0 Å². The fourth-order valence-electron chi connectivity index (χ4n) is 3.56. The SMILES string of the molecule is CCC(NC1CCN(Cc2ccccc2)CC1)c1cccc(Cl)c1. The van der Waals surface area contributed by atoms with E-state index in [1.165, 1.54) is 37.1 Å². The van der Waals surface area contributed by atoms with Gasteiger partial charge in [0, 0.05) is 23.7 Å². The molecule has 24 heavy (non-hydrogen) atoms. The van der Waals surface area contributed by atoms with E-state index in [-0.39, 0.29) is 0 Å². The van der Waals surface area contributed by atoms with Crippen molar-refractivity contribution in [2.45, 2.75) is 44.8 Å². The minimum Gasteiger partial charge on any atom is -0.307 e. The van der Waals surface area contributed by atoms with Crippen LogP contribution in [-0.4, -0.2) is 24.0 Å². The van der Waals surface area contributed by atoms with E-state index in [2.05, 4.69) is 59.6 Å². The molecule has 3 heteroatoms. The number of nitrogens with zero attached hydrogens (tertiary/aromatic N) is 1. The number of piperidine rings is 1. The number of hydrogen-bond donors (Lipinski definition) is 1. The standard InChI is InChI=1S/C21H27ClN2/c1-2-21(18-9-6-10-19(22)15-18)23-20-11-13-24(14-12-20)16-17-7-4-3-5-8-17/h3-10,15,20-21,23H,2,11-14,16H2,1H3. The summed E-state index contributed by atoms with van der Waals surface area (Å²) in [6.45, 7) is 5.64. The van der Waals surface area contributed by atoms with Gasteiger partial charge in [0.1, 0.15) is 0 Å². The van der Waals surface area contributed by atoms with Crippen LogP contribution in [0.2, 0.25) is 5.02 Å². The normalized spacial score (nSPS) is 17.8. The summed E-state index contributed by atoms with van der Waals surface area (Å²) in [5.74, 6) is 0. The zero-order valence-corrected chi connectivity index (χ0v) is 15.2. The van der Waals surface area contributed by atoms with Gasteiger partial charge in [-0.05, 0) is 55.6 Å². The van der Waals surface area contributed by atoms with E-state index in [1.54, 1.807) is 0 Å². The average molecular weight is 343 g/mol. The Morgan fingerprint density at radius 1 is 1.08 bits per heavy atom. The van der Waals surface area contributed by atoms with Crippen molar-refractivity contribution in [2.75, 3.05) is 13.1 Å². The highest BCUT2D eigenvalue weighted by Crippen LogP contribution is 2.23. The third-order valence-electron chi connectivity index (χ3n) is 4.93. The minimum absolute atomic E-state index is 0.398. The molecule has 1 aliphatic rings. The van der Waals surface area contributed by atoms with Crippen LogP contribution >= 0.6 is 11.6 Å². The number of benzene rings is 2. The largest absolute Gasteiger partial charge is 0.307 e. The van der Waals surface area contributed by atoms with Gasteiger partial charge >= 0.3 is 0 Å². The van der Waals surface area contributed by atoms with Gasteiger partial charge in [-0.2, -0.15) is 0 Å². The van der Waals surface area contributed by atoms with E-state index in [1.807, 2.05) is 12.1 Å². The summed E-state index contributed by atoms with van der Waals surface area (Å²) in [7, 11) is 0. The smallest absolute Gasteiger partial charge is 0.0409 e. The Balaban J connectivity index is 1.51. The molecule has 0 radical (unpaired) electrons. The maximum Gasteiger partial charge on any atom is 0.0409 e. The van der Waals surface area contributed by atoms with Crippen molar-refractivity contribution in [1.82, 2.24) is 10.2 Å².